The minimum absolute atomic E-state index is 0.0944. The molecule has 0 unspecified atom stereocenters. The maximum Gasteiger partial charge on any atom is 0.262 e. The van der Waals surface area contributed by atoms with E-state index in [4.69, 9.17) is 14.5 Å². The number of hydrogen-bond donors (Lipinski definition) is 1. The maximum atomic E-state index is 13.2. The van der Waals surface area contributed by atoms with Gasteiger partial charge in [-0.05, 0) is 35.0 Å². The first kappa shape index (κ1) is 20.1. The van der Waals surface area contributed by atoms with Crippen LogP contribution in [0.25, 0.3) is 21.7 Å². The van der Waals surface area contributed by atoms with Gasteiger partial charge in [-0.1, -0.05) is 42.1 Å². The van der Waals surface area contributed by atoms with Crippen LogP contribution in [0.3, 0.4) is 0 Å². The van der Waals surface area contributed by atoms with Gasteiger partial charge < -0.3 is 14.8 Å². The number of rotatable bonds is 6. The normalized spacial score (nSPS) is 12.2. The number of hydrogen-bond acceptors (Lipinski definition) is 6. The molecule has 1 N–H and O–H groups in total. The van der Waals surface area contributed by atoms with Gasteiger partial charge in [0.1, 0.15) is 0 Å². The fourth-order valence-electron chi connectivity index (χ4n) is 3.59. The second kappa shape index (κ2) is 8.39. The summed E-state index contributed by atoms with van der Waals surface area (Å²) in [6.07, 6.45) is 1.65. The Kier molecular flexibility index (Phi) is 5.28. The van der Waals surface area contributed by atoms with Crippen LogP contribution in [-0.4, -0.2) is 28.0 Å². The first-order chi connectivity index (χ1) is 15.6. The third-order valence-electron chi connectivity index (χ3n) is 5.09. The van der Waals surface area contributed by atoms with Crippen LogP contribution in [0.2, 0.25) is 0 Å². The van der Waals surface area contributed by atoms with Crippen molar-refractivity contribution in [3.63, 3.8) is 0 Å². The molecule has 0 bridgehead atoms. The number of nitrogens with zero attached hydrogens (tertiary/aromatic N) is 2. The Morgan fingerprint density at radius 3 is 2.72 bits per heavy atom. The lowest BCUT2D eigenvalue weighted by molar-refractivity contribution is -0.113. The predicted octanol–water partition coefficient (Wildman–Crippen LogP) is 4.20. The highest BCUT2D eigenvalue weighted by Crippen LogP contribution is 2.34. The summed E-state index contributed by atoms with van der Waals surface area (Å²) in [5, 5.41) is 5.83. The molecule has 32 heavy (non-hydrogen) atoms. The number of ether oxygens (including phenoxy) is 2. The van der Waals surface area contributed by atoms with Crippen molar-refractivity contribution in [3.8, 4) is 11.5 Å². The van der Waals surface area contributed by atoms with Gasteiger partial charge in [-0.25, -0.2) is 4.98 Å². The van der Waals surface area contributed by atoms with E-state index >= 15 is 0 Å². The summed E-state index contributed by atoms with van der Waals surface area (Å²) in [4.78, 5) is 30.4. The number of carbonyl (C=O) groups is 1. The molecule has 5 rings (SSSR count). The van der Waals surface area contributed by atoms with E-state index in [-0.39, 0.29) is 24.0 Å². The minimum atomic E-state index is -0.216. The summed E-state index contributed by atoms with van der Waals surface area (Å²) >= 11 is 1.21. The number of thioether (sulfide) groups is 1. The van der Waals surface area contributed by atoms with E-state index in [2.05, 4.69) is 11.9 Å². The molecule has 0 atom stereocenters. The van der Waals surface area contributed by atoms with Gasteiger partial charge in [0.15, 0.2) is 16.7 Å². The first-order valence-corrected chi connectivity index (χ1v) is 11.0. The number of benzene rings is 3. The van der Waals surface area contributed by atoms with E-state index in [0.717, 1.165) is 10.8 Å². The molecule has 1 aromatic heterocycles. The molecule has 8 heteroatoms. The number of anilines is 1. The Labute approximate surface area is 187 Å². The van der Waals surface area contributed by atoms with E-state index < -0.39 is 0 Å². The second-order valence-corrected chi connectivity index (χ2v) is 8.16. The average Bonchev–Trinajstić information content (AvgIpc) is 3.27. The van der Waals surface area contributed by atoms with Gasteiger partial charge in [0, 0.05) is 18.3 Å². The van der Waals surface area contributed by atoms with Crippen molar-refractivity contribution < 1.29 is 14.3 Å². The van der Waals surface area contributed by atoms with Crippen molar-refractivity contribution in [2.75, 3.05) is 17.9 Å². The first-order valence-electron chi connectivity index (χ1n) is 9.99. The molecule has 0 radical (unpaired) electrons. The number of aromatic nitrogens is 2. The fourth-order valence-corrected chi connectivity index (χ4v) is 4.40. The lowest BCUT2D eigenvalue weighted by atomic mass is 10.1. The highest BCUT2D eigenvalue weighted by Gasteiger charge is 2.16. The van der Waals surface area contributed by atoms with Gasteiger partial charge in [0.25, 0.3) is 5.56 Å². The molecule has 0 fully saturated rings. The highest BCUT2D eigenvalue weighted by atomic mass is 32.2. The molecule has 2 heterocycles. The molecule has 0 saturated carbocycles. The van der Waals surface area contributed by atoms with Crippen molar-refractivity contribution >= 4 is 45.0 Å². The standard InChI is InChI=1S/C24H19N3O4S/c1-2-9-27-23(29)18-10-15-5-3-4-6-16(15)11-19(18)26-24(27)32-13-22(28)25-17-7-8-20-21(12-17)31-14-30-20/h2-8,10-12H,1,9,13-14H2,(H,25,28). The number of nitrogens with one attached hydrogen (secondary N) is 1. The molecule has 1 aliphatic rings. The van der Waals surface area contributed by atoms with E-state index in [1.54, 1.807) is 28.8 Å². The summed E-state index contributed by atoms with van der Waals surface area (Å²) in [6, 6.07) is 16.8. The maximum absolute atomic E-state index is 13.2. The third-order valence-corrected chi connectivity index (χ3v) is 6.06. The van der Waals surface area contributed by atoms with Gasteiger partial charge in [-0.15, -0.1) is 6.58 Å². The van der Waals surface area contributed by atoms with Crippen molar-refractivity contribution in [1.29, 1.82) is 0 Å². The molecule has 1 aliphatic heterocycles. The largest absolute Gasteiger partial charge is 0.454 e. The number of amides is 1. The molecular formula is C24H19N3O4S. The van der Waals surface area contributed by atoms with E-state index in [1.807, 2.05) is 36.4 Å². The number of carbonyl (C=O) groups excluding carboxylic acids is 1. The van der Waals surface area contributed by atoms with Gasteiger partial charge >= 0.3 is 0 Å². The molecule has 3 aromatic carbocycles. The number of fused-ring (bicyclic) bond motifs is 3. The van der Waals surface area contributed by atoms with Gasteiger partial charge in [-0.3, -0.25) is 14.2 Å². The Hall–Kier alpha value is -3.78. The summed E-state index contributed by atoms with van der Waals surface area (Å²) in [7, 11) is 0. The zero-order valence-electron chi connectivity index (χ0n) is 17.0. The molecule has 1 amide bonds. The third kappa shape index (κ3) is 3.80. The van der Waals surface area contributed by atoms with E-state index in [1.165, 1.54) is 11.8 Å². The van der Waals surface area contributed by atoms with Crippen LogP contribution >= 0.6 is 11.8 Å². The Morgan fingerprint density at radius 2 is 1.91 bits per heavy atom. The van der Waals surface area contributed by atoms with Crippen molar-refractivity contribution in [3.05, 3.63) is 77.6 Å². The summed E-state index contributed by atoms with van der Waals surface area (Å²) in [5.41, 5.74) is 1.06. The van der Waals surface area contributed by atoms with Crippen molar-refractivity contribution in [1.82, 2.24) is 9.55 Å². The SMILES string of the molecule is C=CCn1c(SCC(=O)Nc2ccc3c(c2)OCO3)nc2cc3ccccc3cc2c1=O. The monoisotopic (exact) mass is 445 g/mol. The van der Waals surface area contributed by atoms with Crippen LogP contribution in [0.1, 0.15) is 0 Å². The van der Waals surface area contributed by atoms with Crippen LogP contribution in [0, 0.1) is 0 Å². The smallest absolute Gasteiger partial charge is 0.262 e. The molecule has 0 spiro atoms. The second-order valence-electron chi connectivity index (χ2n) is 7.22. The Balaban J connectivity index is 1.41. The quantitative estimate of drug-likeness (QED) is 0.207. The van der Waals surface area contributed by atoms with E-state index in [0.29, 0.717) is 39.8 Å². The molecule has 7 nitrogen and oxygen atoms in total. The molecule has 4 aromatic rings. The number of allylic oxidation sites excluding steroid dienone is 1. The summed E-state index contributed by atoms with van der Waals surface area (Å²) in [5.74, 6) is 1.13. The minimum Gasteiger partial charge on any atom is -0.454 e. The predicted molar refractivity (Wildman–Crippen MR) is 126 cm³/mol. The lowest BCUT2D eigenvalue weighted by Crippen LogP contribution is -2.23. The zero-order chi connectivity index (χ0) is 22.1. The van der Waals surface area contributed by atoms with E-state index in [9.17, 15) is 9.59 Å². The molecular weight excluding hydrogens is 426 g/mol. The molecule has 0 saturated heterocycles. The van der Waals surface area contributed by atoms with Crippen LogP contribution in [0.4, 0.5) is 5.69 Å². The van der Waals surface area contributed by atoms with Gasteiger partial charge in [-0.2, -0.15) is 0 Å². The fraction of sp³-hybridized carbons (Fsp3) is 0.125. The summed E-state index contributed by atoms with van der Waals surface area (Å²) < 4.78 is 12.2. The molecule has 0 aliphatic carbocycles. The summed E-state index contributed by atoms with van der Waals surface area (Å²) in [6.45, 7) is 4.23. The van der Waals surface area contributed by atoms with Gasteiger partial charge in [0.05, 0.1) is 16.7 Å². The van der Waals surface area contributed by atoms with Crippen molar-refractivity contribution in [2.24, 2.45) is 0 Å². The van der Waals surface area contributed by atoms with Crippen LogP contribution in [0.15, 0.2) is 77.2 Å². The van der Waals surface area contributed by atoms with Crippen LogP contribution in [-0.2, 0) is 11.3 Å². The topological polar surface area (TPSA) is 82.5 Å². The lowest BCUT2D eigenvalue weighted by Gasteiger charge is -2.12. The molecule has 160 valence electrons. The Bertz CT molecular complexity index is 1430. The van der Waals surface area contributed by atoms with Crippen LogP contribution < -0.4 is 20.3 Å². The average molecular weight is 446 g/mol. The van der Waals surface area contributed by atoms with Gasteiger partial charge in [0.2, 0.25) is 12.7 Å². The van der Waals surface area contributed by atoms with Crippen molar-refractivity contribution in [2.45, 2.75) is 11.7 Å². The zero-order valence-corrected chi connectivity index (χ0v) is 17.9. The Morgan fingerprint density at radius 1 is 1.12 bits per heavy atom. The highest BCUT2D eigenvalue weighted by molar-refractivity contribution is 7.99. The van der Waals surface area contributed by atoms with Crippen LogP contribution in [0.5, 0.6) is 11.5 Å².